The average molecular weight is 203 g/mol. The minimum Gasteiger partial charge on any atom is -0.382 e. The number of carbonyl (C=O) groups is 2. The number of hydrogen-bond acceptors (Lipinski definition) is 4. The number of nitrogens with one attached hydrogen (secondary N) is 1. The first kappa shape index (κ1) is 13.1. The maximum Gasteiger partial charge on any atom is 0.220 e. The Hall–Kier alpha value is -0.940. The van der Waals surface area contributed by atoms with E-state index in [4.69, 9.17) is 9.47 Å². The van der Waals surface area contributed by atoms with Gasteiger partial charge >= 0.3 is 0 Å². The van der Waals surface area contributed by atoms with Gasteiger partial charge in [0.2, 0.25) is 5.91 Å². The number of hydrogen-bond donors (Lipinski definition) is 1. The molecule has 82 valence electrons. The minimum atomic E-state index is -0.118. The van der Waals surface area contributed by atoms with Gasteiger partial charge in [0.15, 0.2) is 0 Å². The molecule has 0 spiro atoms. The van der Waals surface area contributed by atoms with Crippen LogP contribution in [0.15, 0.2) is 0 Å². The molecule has 1 N–H and O–H groups in total. The van der Waals surface area contributed by atoms with Crippen molar-refractivity contribution in [3.05, 3.63) is 0 Å². The summed E-state index contributed by atoms with van der Waals surface area (Å²) in [5.74, 6) is -0.118. The largest absolute Gasteiger partial charge is 0.382 e. The summed E-state index contributed by atoms with van der Waals surface area (Å²) in [6.45, 7) is 2.03. The molecule has 0 fully saturated rings. The van der Waals surface area contributed by atoms with E-state index in [1.807, 2.05) is 0 Å². The molecule has 0 radical (unpaired) electrons. The summed E-state index contributed by atoms with van der Waals surface area (Å²) in [7, 11) is 1.60. The number of rotatable bonds is 9. The summed E-state index contributed by atoms with van der Waals surface area (Å²) in [6, 6.07) is 0. The van der Waals surface area contributed by atoms with Crippen molar-refractivity contribution in [3.8, 4) is 0 Å². The van der Waals surface area contributed by atoms with Gasteiger partial charge in [0.25, 0.3) is 0 Å². The van der Waals surface area contributed by atoms with Crippen LogP contribution in [-0.2, 0) is 19.1 Å². The van der Waals surface area contributed by atoms with Crippen LogP contribution in [0.2, 0.25) is 0 Å². The number of amides is 1. The summed E-state index contributed by atoms with van der Waals surface area (Å²) in [5, 5.41) is 2.63. The van der Waals surface area contributed by atoms with Crippen LogP contribution in [0, 0.1) is 0 Å². The van der Waals surface area contributed by atoms with Gasteiger partial charge in [-0.15, -0.1) is 0 Å². The van der Waals surface area contributed by atoms with Crippen molar-refractivity contribution in [3.63, 3.8) is 0 Å². The Morgan fingerprint density at radius 3 is 2.79 bits per heavy atom. The molecule has 0 saturated heterocycles. The second kappa shape index (κ2) is 10.1. The fraction of sp³-hybridized carbons (Fsp3) is 0.778. The molecule has 0 aromatic carbocycles. The maximum atomic E-state index is 10.9. The lowest BCUT2D eigenvalue weighted by atomic mass is 10.3. The molecular formula is C9H17NO4. The van der Waals surface area contributed by atoms with Gasteiger partial charge in [-0.1, -0.05) is 0 Å². The highest BCUT2D eigenvalue weighted by Crippen LogP contribution is 1.83. The van der Waals surface area contributed by atoms with Gasteiger partial charge < -0.3 is 19.6 Å². The van der Waals surface area contributed by atoms with E-state index in [2.05, 4.69) is 5.32 Å². The van der Waals surface area contributed by atoms with Crippen LogP contribution in [-0.4, -0.2) is 45.7 Å². The zero-order chi connectivity index (χ0) is 10.6. The van der Waals surface area contributed by atoms with E-state index in [0.717, 1.165) is 6.29 Å². The number of ether oxygens (including phenoxy) is 2. The summed E-state index contributed by atoms with van der Waals surface area (Å²) in [5.41, 5.74) is 0. The van der Waals surface area contributed by atoms with Crippen molar-refractivity contribution in [2.75, 3.05) is 33.5 Å². The Morgan fingerprint density at radius 2 is 2.14 bits per heavy atom. The molecule has 1 amide bonds. The second-order valence-electron chi connectivity index (χ2n) is 2.66. The fourth-order valence-electron chi connectivity index (χ4n) is 0.785. The highest BCUT2D eigenvalue weighted by molar-refractivity contribution is 5.77. The third-order valence-corrected chi connectivity index (χ3v) is 1.49. The van der Waals surface area contributed by atoms with Crippen molar-refractivity contribution in [2.24, 2.45) is 0 Å². The lowest BCUT2D eigenvalue weighted by Crippen LogP contribution is -2.27. The predicted octanol–water partition coefficient (Wildman–Crippen LogP) is -0.255. The van der Waals surface area contributed by atoms with Crippen LogP contribution >= 0.6 is 0 Å². The molecule has 0 unspecified atom stereocenters. The quantitative estimate of drug-likeness (QED) is 0.414. The van der Waals surface area contributed by atoms with Crippen LogP contribution in [0.5, 0.6) is 0 Å². The highest BCUT2D eigenvalue weighted by atomic mass is 16.5. The Bertz CT molecular complexity index is 161. The van der Waals surface area contributed by atoms with Crippen LogP contribution < -0.4 is 5.32 Å². The molecule has 0 aromatic heterocycles. The lowest BCUT2D eigenvalue weighted by molar-refractivity contribution is -0.122. The first-order valence-electron chi connectivity index (χ1n) is 4.58. The van der Waals surface area contributed by atoms with Gasteiger partial charge in [0.05, 0.1) is 19.8 Å². The summed E-state index contributed by atoms with van der Waals surface area (Å²) in [6.07, 6.45) is 1.26. The predicted molar refractivity (Wildman–Crippen MR) is 51.0 cm³/mol. The van der Waals surface area contributed by atoms with Gasteiger partial charge in [-0.2, -0.15) is 0 Å². The molecule has 0 heterocycles. The molecule has 0 bridgehead atoms. The normalized spacial score (nSPS) is 9.79. The van der Waals surface area contributed by atoms with E-state index in [1.54, 1.807) is 7.11 Å². The van der Waals surface area contributed by atoms with Crippen molar-refractivity contribution >= 4 is 12.2 Å². The SMILES string of the molecule is COCCOCCNC(=O)CCC=O. The van der Waals surface area contributed by atoms with E-state index in [9.17, 15) is 9.59 Å². The minimum absolute atomic E-state index is 0.118. The molecule has 5 nitrogen and oxygen atoms in total. The first-order valence-corrected chi connectivity index (χ1v) is 4.58. The average Bonchev–Trinajstić information content (AvgIpc) is 2.20. The molecule has 0 aromatic rings. The van der Waals surface area contributed by atoms with Gasteiger partial charge in [-0.3, -0.25) is 4.79 Å². The lowest BCUT2D eigenvalue weighted by Gasteiger charge is -2.04. The van der Waals surface area contributed by atoms with E-state index >= 15 is 0 Å². The summed E-state index contributed by atoms with van der Waals surface area (Å²) >= 11 is 0. The molecule has 0 aliphatic carbocycles. The second-order valence-corrected chi connectivity index (χ2v) is 2.66. The molecule has 0 aliphatic heterocycles. The van der Waals surface area contributed by atoms with E-state index in [1.165, 1.54) is 0 Å². The summed E-state index contributed by atoms with van der Waals surface area (Å²) < 4.78 is 9.89. The molecule has 14 heavy (non-hydrogen) atoms. The van der Waals surface area contributed by atoms with Crippen LogP contribution in [0.25, 0.3) is 0 Å². The third kappa shape index (κ3) is 9.15. The van der Waals surface area contributed by atoms with Gasteiger partial charge in [0.1, 0.15) is 6.29 Å². The Balaban J connectivity index is 3.10. The number of methoxy groups -OCH3 is 1. The standard InChI is InChI=1S/C9H17NO4/c1-13-7-8-14-6-4-10-9(12)3-2-5-11/h5H,2-4,6-8H2,1H3,(H,10,12). The van der Waals surface area contributed by atoms with Gasteiger partial charge in [-0.25, -0.2) is 0 Å². The monoisotopic (exact) mass is 203 g/mol. The van der Waals surface area contributed by atoms with Crippen molar-refractivity contribution in [1.29, 1.82) is 0 Å². The molecule has 0 saturated carbocycles. The topological polar surface area (TPSA) is 64.6 Å². The zero-order valence-corrected chi connectivity index (χ0v) is 8.45. The van der Waals surface area contributed by atoms with E-state index in [0.29, 0.717) is 26.4 Å². The summed E-state index contributed by atoms with van der Waals surface area (Å²) in [4.78, 5) is 20.9. The molecule has 0 aliphatic rings. The smallest absolute Gasteiger partial charge is 0.220 e. The van der Waals surface area contributed by atoms with Gasteiger partial charge in [0, 0.05) is 26.5 Å². The molecule has 0 atom stereocenters. The zero-order valence-electron chi connectivity index (χ0n) is 8.45. The van der Waals surface area contributed by atoms with Crippen molar-refractivity contribution in [1.82, 2.24) is 5.32 Å². The van der Waals surface area contributed by atoms with Crippen molar-refractivity contribution in [2.45, 2.75) is 12.8 Å². The highest BCUT2D eigenvalue weighted by Gasteiger charge is 1.98. The Labute approximate surface area is 83.8 Å². The Kier molecular flexibility index (Phi) is 9.46. The van der Waals surface area contributed by atoms with E-state index < -0.39 is 0 Å². The molecular weight excluding hydrogens is 186 g/mol. The third-order valence-electron chi connectivity index (χ3n) is 1.49. The first-order chi connectivity index (χ1) is 6.81. The molecule has 5 heteroatoms. The fourth-order valence-corrected chi connectivity index (χ4v) is 0.785. The van der Waals surface area contributed by atoms with E-state index in [-0.39, 0.29) is 18.7 Å². The van der Waals surface area contributed by atoms with Gasteiger partial charge in [-0.05, 0) is 0 Å². The van der Waals surface area contributed by atoms with Crippen LogP contribution in [0.3, 0.4) is 0 Å². The Morgan fingerprint density at radius 1 is 1.36 bits per heavy atom. The van der Waals surface area contributed by atoms with Crippen molar-refractivity contribution < 1.29 is 19.1 Å². The van der Waals surface area contributed by atoms with Crippen LogP contribution in [0.4, 0.5) is 0 Å². The molecule has 0 rings (SSSR count). The number of carbonyl (C=O) groups excluding carboxylic acids is 2. The maximum absolute atomic E-state index is 10.9. The number of aldehydes is 1. The van der Waals surface area contributed by atoms with Crippen LogP contribution in [0.1, 0.15) is 12.8 Å².